The zero-order valence-electron chi connectivity index (χ0n) is 71.0. The monoisotopic (exact) mass is 1780 g/mol. The van der Waals surface area contributed by atoms with Gasteiger partial charge in [0.15, 0.2) is 0 Å². The Morgan fingerprint density at radius 3 is 1.47 bits per heavy atom. The highest BCUT2D eigenvalue weighted by molar-refractivity contribution is 7.98. The van der Waals surface area contributed by atoms with Crippen molar-refractivity contribution >= 4 is 129 Å². The van der Waals surface area contributed by atoms with Crippen LogP contribution in [0.3, 0.4) is 0 Å². The van der Waals surface area contributed by atoms with Crippen molar-refractivity contribution < 1.29 is 117 Å². The summed E-state index contributed by atoms with van der Waals surface area (Å²) in [5.74, 6) is -21.6. The highest BCUT2D eigenvalue weighted by atomic mass is 32.2. The molecular weight excluding hydrogens is 1670 g/mol. The van der Waals surface area contributed by atoms with Crippen LogP contribution in [0.4, 0.5) is 0 Å². The number of carbonyl (C=O) groups excluding carboxylic acids is 15. The SMILES string of the molecule is CSCC[C@H](NC(=O)[C@@H](NC(=O)[C@H](Cc1cnc[nH]1)NC(=O)[C@H](CO)NC(=O)[C@H](Cc1c[nH]c2ccccc12)NC(=O)[C@H](Cc1ccccc1)NC(=O)[C@H](CCC(=O)O)NC(=O)[C@H](CC(C)C)NC(=O)[C@H](CC(=O)O)NC(=O)[C@H](CC(=O)O)NC(=O)[C@H](CO)NC(=O)[C@@H]1CCCN1C(=O)[C@H](CC(C)C)NC(C)=O)C(C)C)C(=O)N[C@@H](Cc1ccc(O)cc1)C(N)=O. The summed E-state index contributed by atoms with van der Waals surface area (Å²) < 4.78 is 0. The molecule has 0 spiro atoms. The number of benzene rings is 3. The molecule has 43 heteroatoms. The average Bonchev–Trinajstić information content (AvgIpc) is 1.67. The van der Waals surface area contributed by atoms with E-state index in [2.05, 4.69) is 84.1 Å². The number of aromatic amines is 2. The Labute approximate surface area is 729 Å². The number of para-hydroxylation sites is 1. The molecule has 6 rings (SSSR count). The third-order valence-electron chi connectivity index (χ3n) is 20.3. The number of aromatic nitrogens is 3. The summed E-state index contributed by atoms with van der Waals surface area (Å²) in [6, 6.07) is -2.48. The first-order valence-electron chi connectivity index (χ1n) is 40.9. The first-order valence-corrected chi connectivity index (χ1v) is 42.3. The van der Waals surface area contributed by atoms with Crippen LogP contribution in [0.5, 0.6) is 5.75 Å². The summed E-state index contributed by atoms with van der Waals surface area (Å²) in [5, 5.41) is 93.4. The van der Waals surface area contributed by atoms with E-state index in [9.17, 15) is 107 Å². The second-order valence-corrected chi connectivity index (χ2v) is 32.7. The number of phenolic OH excluding ortho intramolecular Hbond substituents is 1. The van der Waals surface area contributed by atoms with Gasteiger partial charge in [-0.25, -0.2) is 4.98 Å². The van der Waals surface area contributed by atoms with E-state index in [-0.39, 0.29) is 75.3 Å². The number of nitrogens with two attached hydrogens (primary N) is 1. The lowest BCUT2D eigenvalue weighted by Gasteiger charge is -2.30. The van der Waals surface area contributed by atoms with E-state index in [0.29, 0.717) is 39.8 Å². The van der Waals surface area contributed by atoms with Gasteiger partial charge in [-0.05, 0) is 103 Å². The average molecular weight is 1780 g/mol. The molecule has 1 fully saturated rings. The Morgan fingerprint density at radius 1 is 0.484 bits per heavy atom. The fourth-order valence-corrected chi connectivity index (χ4v) is 14.3. The van der Waals surface area contributed by atoms with E-state index in [1.54, 1.807) is 88.5 Å². The van der Waals surface area contributed by atoms with Crippen molar-refractivity contribution in [1.29, 1.82) is 0 Å². The van der Waals surface area contributed by atoms with E-state index < -0.39 is 242 Å². The summed E-state index contributed by atoms with van der Waals surface area (Å²) in [7, 11) is 0. The Balaban J connectivity index is 1.23. The number of thioether (sulfide) groups is 1. The van der Waals surface area contributed by atoms with Crippen molar-refractivity contribution in [1.82, 2.24) is 89.0 Å². The van der Waals surface area contributed by atoms with Gasteiger partial charge in [-0.1, -0.05) is 102 Å². The van der Waals surface area contributed by atoms with Crippen LogP contribution in [0, 0.1) is 17.8 Å². The maximum Gasteiger partial charge on any atom is 0.305 e. The van der Waals surface area contributed by atoms with Gasteiger partial charge in [0.1, 0.15) is 90.3 Å². The molecule has 686 valence electrons. The number of primary amides is 1. The van der Waals surface area contributed by atoms with Crippen LogP contribution in [-0.2, 0) is 112 Å². The largest absolute Gasteiger partial charge is 0.508 e. The lowest BCUT2D eigenvalue weighted by molar-refractivity contribution is -0.144. The van der Waals surface area contributed by atoms with Crippen molar-refractivity contribution in [2.45, 2.75) is 217 Å². The number of nitrogens with one attached hydrogen (secondary N) is 15. The zero-order chi connectivity index (χ0) is 93.2. The molecular formula is C83H114N18O24S. The summed E-state index contributed by atoms with van der Waals surface area (Å²) in [5.41, 5.74) is 7.90. The number of amides is 15. The number of phenols is 1. The predicted octanol–water partition coefficient (Wildman–Crippen LogP) is -3.03. The van der Waals surface area contributed by atoms with Crippen molar-refractivity contribution in [3.05, 3.63) is 120 Å². The number of aromatic hydroxyl groups is 1. The van der Waals surface area contributed by atoms with Crippen LogP contribution >= 0.6 is 11.8 Å². The Bertz CT molecular complexity index is 4630. The molecule has 1 aliphatic rings. The summed E-state index contributed by atoms with van der Waals surface area (Å²) in [4.78, 5) is 260. The molecule has 42 nitrogen and oxygen atoms in total. The Hall–Kier alpha value is -13.1. The van der Waals surface area contributed by atoms with Gasteiger partial charge in [-0.15, -0.1) is 0 Å². The molecule has 0 saturated carbocycles. The zero-order valence-corrected chi connectivity index (χ0v) is 71.8. The van der Waals surface area contributed by atoms with Crippen molar-refractivity contribution in [3.63, 3.8) is 0 Å². The normalized spacial score (nSPS) is 15.6. The second kappa shape index (κ2) is 50.0. The van der Waals surface area contributed by atoms with Gasteiger partial charge in [0, 0.05) is 74.6 Å². The molecule has 23 N–H and O–H groups in total. The molecule has 126 heavy (non-hydrogen) atoms. The lowest BCUT2D eigenvalue weighted by atomic mass is 10.00. The molecule has 0 unspecified atom stereocenters. The van der Waals surface area contributed by atoms with Gasteiger partial charge in [0.25, 0.3) is 0 Å². The summed E-state index contributed by atoms with van der Waals surface area (Å²) in [6.07, 6.45) is 1.07. The molecule has 3 heterocycles. The molecule has 14 atom stereocenters. The maximum absolute atomic E-state index is 15.2. The van der Waals surface area contributed by atoms with E-state index in [1.165, 1.54) is 66.6 Å². The third-order valence-corrected chi connectivity index (χ3v) is 20.9. The molecule has 1 saturated heterocycles. The maximum atomic E-state index is 15.2. The van der Waals surface area contributed by atoms with Gasteiger partial charge >= 0.3 is 17.9 Å². The number of nitrogens with zero attached hydrogens (tertiary/aromatic N) is 2. The topological polar surface area (TPSA) is 659 Å². The number of carbonyl (C=O) groups is 18. The second-order valence-electron chi connectivity index (χ2n) is 31.7. The molecule has 0 aliphatic carbocycles. The lowest BCUT2D eigenvalue weighted by Crippen LogP contribution is -2.62. The highest BCUT2D eigenvalue weighted by Gasteiger charge is 2.42. The predicted molar refractivity (Wildman–Crippen MR) is 453 cm³/mol. The van der Waals surface area contributed by atoms with Crippen molar-refractivity contribution in [2.75, 3.05) is 31.8 Å². The van der Waals surface area contributed by atoms with E-state index >= 15 is 9.59 Å². The van der Waals surface area contributed by atoms with Gasteiger partial charge in [-0.2, -0.15) is 11.8 Å². The van der Waals surface area contributed by atoms with Crippen LogP contribution in [0.2, 0.25) is 0 Å². The minimum Gasteiger partial charge on any atom is -0.508 e. The van der Waals surface area contributed by atoms with Crippen molar-refractivity contribution in [3.8, 4) is 5.75 Å². The number of carboxylic acids is 3. The summed E-state index contributed by atoms with van der Waals surface area (Å²) >= 11 is 1.35. The smallest absolute Gasteiger partial charge is 0.305 e. The van der Waals surface area contributed by atoms with Crippen LogP contribution in [0.25, 0.3) is 10.9 Å². The number of hydrogen-bond donors (Lipinski definition) is 22. The molecule has 0 radical (unpaired) electrons. The minimum atomic E-state index is -2.19. The Kier molecular flexibility index (Phi) is 40.4. The summed E-state index contributed by atoms with van der Waals surface area (Å²) in [6.45, 7) is 8.96. The molecule has 5 aromatic rings. The number of likely N-dealkylation sites (tertiary alicyclic amines) is 1. The number of aliphatic hydroxyl groups excluding tert-OH is 2. The quantitative estimate of drug-likeness (QED) is 0.0184. The molecule has 0 bridgehead atoms. The number of aliphatic carboxylic acids is 3. The third kappa shape index (κ3) is 32.6. The fraction of sp³-hybridized carbons (Fsp3) is 0.506. The van der Waals surface area contributed by atoms with Gasteiger partial charge in [-0.3, -0.25) is 86.3 Å². The number of aliphatic hydroxyl groups is 2. The van der Waals surface area contributed by atoms with Gasteiger partial charge < -0.3 is 120 Å². The number of H-pyrrole nitrogens is 2. The Morgan fingerprint density at radius 2 is 0.937 bits per heavy atom. The first-order chi connectivity index (χ1) is 59.7. The number of rotatable bonds is 52. The van der Waals surface area contributed by atoms with Crippen molar-refractivity contribution in [2.24, 2.45) is 23.5 Å². The first kappa shape index (κ1) is 102. The van der Waals surface area contributed by atoms with Crippen LogP contribution in [0.15, 0.2) is 97.6 Å². The van der Waals surface area contributed by atoms with Gasteiger partial charge in [0.2, 0.25) is 88.6 Å². The molecule has 3 aromatic carbocycles. The standard InChI is InChI=1S/C83H114N18O24S/c1-42(2)29-56(92-76(118)60(35-67(108)109)96-77(119)61(36-68(110)111)97-80(122)64(40-103)99-81(123)65-19-14-27-101(65)83(125)62(30-43(3)4)88-45(7)104)73(115)89-53(24-25-66(106)107)71(113)93-57(32-46-15-10-9-11-16-46)74(116)94-58(33-48-37-86-52-18-13-12-17-51(48)52)75(117)98-63(39-102)79(121)95-59(34-49-38-85-41-87-49)78(120)100-69(44(5)6)82(124)90-54(26-28-126-8)72(114)91-55(70(84)112)31-47-20-22-50(105)23-21-47/h9-13,15-18,20-23,37-38,41-44,53-65,69,86,102-103,105H,14,19,24-36,39-40H2,1-8H3,(H2,84,112)(H,85,87)(H,88,104)(H,89,115)(H,90,124)(H,91,114)(H,92,118)(H,93,113)(H,94,116)(H,95,121)(H,96,119)(H,97,122)(H,98,117)(H,99,123)(H,100,120)(H,106,107)(H,108,109)(H,110,111)/t53-,54-,55-,56-,57-,58-,59-,60-,61-,62-,63-,64-,65-,69-/m0/s1. The fourth-order valence-electron chi connectivity index (χ4n) is 13.8. The van der Waals surface area contributed by atoms with Crippen LogP contribution < -0.4 is 74.9 Å². The minimum absolute atomic E-state index is 0.0410. The molecule has 15 amide bonds. The number of fused-ring (bicyclic) bond motifs is 1. The molecule has 1 aliphatic heterocycles. The molecule has 2 aromatic heterocycles. The van der Waals surface area contributed by atoms with E-state index in [0.717, 1.165) is 0 Å². The van der Waals surface area contributed by atoms with E-state index in [4.69, 9.17) is 5.73 Å². The van der Waals surface area contributed by atoms with Crippen LogP contribution in [-0.4, -0.2) is 273 Å². The number of carboxylic acid groups (broad SMARTS) is 3. The van der Waals surface area contributed by atoms with Crippen LogP contribution in [0.1, 0.15) is 129 Å². The number of imidazole rings is 1. The van der Waals surface area contributed by atoms with Gasteiger partial charge in [0.05, 0.1) is 32.4 Å². The highest BCUT2D eigenvalue weighted by Crippen LogP contribution is 2.24. The number of hydrogen-bond acceptors (Lipinski definition) is 23. The van der Waals surface area contributed by atoms with E-state index in [1.807, 2.05) is 13.8 Å².